The smallest absolute Gasteiger partial charge is 0.326 e. The first kappa shape index (κ1) is 18.5. The van der Waals surface area contributed by atoms with E-state index >= 15 is 0 Å². The van der Waals surface area contributed by atoms with Gasteiger partial charge in [0.2, 0.25) is 5.91 Å². The van der Waals surface area contributed by atoms with Crippen LogP contribution in [-0.4, -0.2) is 45.1 Å². The van der Waals surface area contributed by atoms with Crippen LogP contribution in [0.5, 0.6) is 0 Å². The van der Waals surface area contributed by atoms with Crippen LogP contribution in [0.25, 0.3) is 10.9 Å². The molecule has 8 heteroatoms. The van der Waals surface area contributed by atoms with E-state index < -0.39 is 29.9 Å². The number of rotatable bonds is 9. The summed E-state index contributed by atoms with van der Waals surface area (Å²) in [7, 11) is 0. The number of aromatic nitrogens is 1. The Bertz CT molecular complexity index is 770. The van der Waals surface area contributed by atoms with Gasteiger partial charge in [-0.3, -0.25) is 9.59 Å². The van der Waals surface area contributed by atoms with Crippen LogP contribution in [0.4, 0.5) is 0 Å². The van der Waals surface area contributed by atoms with Gasteiger partial charge in [0.1, 0.15) is 12.1 Å². The summed E-state index contributed by atoms with van der Waals surface area (Å²) in [5.74, 6) is -2.85. The van der Waals surface area contributed by atoms with Crippen LogP contribution < -0.4 is 11.1 Å². The quantitative estimate of drug-likeness (QED) is 0.455. The Morgan fingerprint density at radius 3 is 2.52 bits per heavy atom. The van der Waals surface area contributed by atoms with Crippen molar-refractivity contribution in [2.24, 2.45) is 5.73 Å². The fourth-order valence-electron chi connectivity index (χ4n) is 2.57. The molecule has 8 nitrogen and oxygen atoms in total. The van der Waals surface area contributed by atoms with Crippen molar-refractivity contribution in [2.75, 3.05) is 0 Å². The van der Waals surface area contributed by atoms with E-state index in [-0.39, 0.29) is 19.3 Å². The van der Waals surface area contributed by atoms with Crippen LogP contribution in [0.1, 0.15) is 24.8 Å². The molecular weight excluding hydrogens is 326 g/mol. The lowest BCUT2D eigenvalue weighted by Crippen LogP contribution is -2.42. The summed E-state index contributed by atoms with van der Waals surface area (Å²) < 4.78 is 0. The van der Waals surface area contributed by atoms with Crippen LogP contribution in [0.3, 0.4) is 0 Å². The normalized spacial score (nSPS) is 13.3. The lowest BCUT2D eigenvalue weighted by atomic mass is 10.0. The van der Waals surface area contributed by atoms with Gasteiger partial charge in [-0.15, -0.1) is 0 Å². The van der Waals surface area contributed by atoms with E-state index in [9.17, 15) is 19.5 Å². The summed E-state index contributed by atoms with van der Waals surface area (Å²) in [6.45, 7) is 0. The fourth-order valence-corrected chi connectivity index (χ4v) is 2.57. The maximum atomic E-state index is 11.8. The fraction of sp³-hybridized carbons (Fsp3) is 0.353. The number of carbonyl (C=O) groups excluding carboxylic acids is 1. The molecule has 0 saturated heterocycles. The molecule has 2 atom stereocenters. The first-order chi connectivity index (χ1) is 11.9. The number of nitrogens with two attached hydrogens (primary N) is 1. The van der Waals surface area contributed by atoms with E-state index in [1.54, 1.807) is 0 Å². The van der Waals surface area contributed by atoms with Gasteiger partial charge in [0, 0.05) is 23.5 Å². The Hall–Kier alpha value is -2.87. The minimum atomic E-state index is -1.19. The lowest BCUT2D eigenvalue weighted by molar-refractivity contribution is -0.142. The molecule has 0 aliphatic rings. The zero-order chi connectivity index (χ0) is 18.4. The molecule has 0 bridgehead atoms. The monoisotopic (exact) mass is 347 g/mol. The van der Waals surface area contributed by atoms with Crippen molar-refractivity contribution in [2.45, 2.75) is 37.8 Å². The molecule has 0 fully saturated rings. The van der Waals surface area contributed by atoms with Gasteiger partial charge in [-0.1, -0.05) is 18.2 Å². The molecule has 0 radical (unpaired) electrons. The number of para-hydroxylation sites is 1. The van der Waals surface area contributed by atoms with E-state index in [1.165, 1.54) is 0 Å². The molecule has 2 unspecified atom stereocenters. The third kappa shape index (κ3) is 5.05. The molecule has 6 N–H and O–H groups in total. The molecule has 1 heterocycles. The van der Waals surface area contributed by atoms with Gasteiger partial charge in [0.15, 0.2) is 0 Å². The molecule has 0 saturated carbocycles. The number of fused-ring (bicyclic) bond motifs is 1. The molecule has 25 heavy (non-hydrogen) atoms. The second-order valence-corrected chi connectivity index (χ2v) is 5.84. The Morgan fingerprint density at radius 1 is 1.12 bits per heavy atom. The number of hydrogen-bond donors (Lipinski definition) is 5. The van der Waals surface area contributed by atoms with Crippen molar-refractivity contribution >= 4 is 28.7 Å². The summed E-state index contributed by atoms with van der Waals surface area (Å²) in [5.41, 5.74) is 7.28. The minimum absolute atomic E-state index is 0.0457. The first-order valence-corrected chi connectivity index (χ1v) is 7.94. The van der Waals surface area contributed by atoms with E-state index in [0.29, 0.717) is 6.42 Å². The average molecular weight is 347 g/mol. The second kappa shape index (κ2) is 8.29. The van der Waals surface area contributed by atoms with Crippen molar-refractivity contribution in [3.05, 3.63) is 36.0 Å². The largest absolute Gasteiger partial charge is 0.480 e. The highest BCUT2D eigenvalue weighted by molar-refractivity contribution is 5.85. The number of aliphatic carboxylic acids is 2. The summed E-state index contributed by atoms with van der Waals surface area (Å²) in [6, 6.07) is 5.51. The zero-order valence-corrected chi connectivity index (χ0v) is 13.6. The summed E-state index contributed by atoms with van der Waals surface area (Å²) in [6.07, 6.45) is 2.36. The molecule has 1 aromatic heterocycles. The molecule has 0 spiro atoms. The Labute approximate surface area is 144 Å². The van der Waals surface area contributed by atoms with Gasteiger partial charge in [0.25, 0.3) is 0 Å². The SMILES string of the molecule is NC(CCC(=O)NC(CCc1c[nH]c2ccccc12)C(=O)O)C(=O)O. The van der Waals surface area contributed by atoms with Gasteiger partial charge in [-0.25, -0.2) is 4.79 Å². The van der Waals surface area contributed by atoms with Crippen molar-refractivity contribution in [1.29, 1.82) is 0 Å². The van der Waals surface area contributed by atoms with Gasteiger partial charge < -0.3 is 26.2 Å². The van der Waals surface area contributed by atoms with Crippen LogP contribution in [0.2, 0.25) is 0 Å². The standard InChI is InChI=1S/C17H21N3O5/c18-12(16(22)23)6-8-15(21)20-14(17(24)25)7-5-10-9-19-13-4-2-1-3-11(10)13/h1-4,9,12,14,19H,5-8,18H2,(H,20,21)(H,22,23)(H,24,25). The number of carboxylic acid groups (broad SMARTS) is 2. The van der Waals surface area contributed by atoms with Crippen molar-refractivity contribution in [3.8, 4) is 0 Å². The molecule has 0 aliphatic heterocycles. The number of nitrogens with one attached hydrogen (secondary N) is 2. The number of aryl methyl sites for hydroxylation is 1. The number of H-pyrrole nitrogens is 1. The summed E-state index contributed by atoms with van der Waals surface area (Å²) in [4.78, 5) is 36.9. The van der Waals surface area contributed by atoms with Crippen molar-refractivity contribution in [1.82, 2.24) is 10.3 Å². The predicted molar refractivity (Wildman–Crippen MR) is 91.0 cm³/mol. The Morgan fingerprint density at radius 2 is 1.84 bits per heavy atom. The van der Waals surface area contributed by atoms with Crippen LogP contribution in [-0.2, 0) is 20.8 Å². The first-order valence-electron chi connectivity index (χ1n) is 7.94. The van der Waals surface area contributed by atoms with E-state index in [0.717, 1.165) is 16.5 Å². The van der Waals surface area contributed by atoms with Crippen molar-refractivity contribution in [3.63, 3.8) is 0 Å². The lowest BCUT2D eigenvalue weighted by Gasteiger charge is -2.15. The van der Waals surface area contributed by atoms with Gasteiger partial charge in [-0.2, -0.15) is 0 Å². The maximum Gasteiger partial charge on any atom is 0.326 e. The van der Waals surface area contributed by atoms with Gasteiger partial charge >= 0.3 is 11.9 Å². The highest BCUT2D eigenvalue weighted by Gasteiger charge is 2.21. The number of hydrogen-bond acceptors (Lipinski definition) is 4. The zero-order valence-electron chi connectivity index (χ0n) is 13.6. The molecule has 1 amide bonds. The minimum Gasteiger partial charge on any atom is -0.480 e. The number of carbonyl (C=O) groups is 3. The third-order valence-corrected chi connectivity index (χ3v) is 4.01. The number of aromatic amines is 1. The molecule has 2 aromatic rings. The predicted octanol–water partition coefficient (Wildman–Crippen LogP) is 0.862. The second-order valence-electron chi connectivity index (χ2n) is 5.84. The van der Waals surface area contributed by atoms with Crippen LogP contribution in [0.15, 0.2) is 30.5 Å². The highest BCUT2D eigenvalue weighted by atomic mass is 16.4. The molecule has 2 rings (SSSR count). The summed E-state index contributed by atoms with van der Waals surface area (Å²) >= 11 is 0. The maximum absolute atomic E-state index is 11.8. The molecular formula is C17H21N3O5. The average Bonchev–Trinajstić information content (AvgIpc) is 2.99. The van der Waals surface area contributed by atoms with Gasteiger partial charge in [-0.05, 0) is 30.9 Å². The Balaban J connectivity index is 1.91. The third-order valence-electron chi connectivity index (χ3n) is 4.01. The molecule has 134 valence electrons. The van der Waals surface area contributed by atoms with E-state index in [4.69, 9.17) is 10.8 Å². The molecule has 1 aromatic carbocycles. The highest BCUT2D eigenvalue weighted by Crippen LogP contribution is 2.19. The van der Waals surface area contributed by atoms with Crippen LogP contribution in [0, 0.1) is 0 Å². The number of carboxylic acids is 2. The summed E-state index contributed by atoms with van der Waals surface area (Å²) in [5, 5.41) is 21.4. The number of amides is 1. The topological polar surface area (TPSA) is 146 Å². The van der Waals surface area contributed by atoms with Crippen LogP contribution >= 0.6 is 0 Å². The number of benzene rings is 1. The van der Waals surface area contributed by atoms with E-state index in [2.05, 4.69) is 10.3 Å². The molecule has 0 aliphatic carbocycles. The van der Waals surface area contributed by atoms with Gasteiger partial charge in [0.05, 0.1) is 0 Å². The van der Waals surface area contributed by atoms with Crippen molar-refractivity contribution < 1.29 is 24.6 Å². The van der Waals surface area contributed by atoms with E-state index in [1.807, 2.05) is 30.5 Å². The Kier molecular flexibility index (Phi) is 6.13.